The summed E-state index contributed by atoms with van der Waals surface area (Å²) < 4.78 is 5.42. The Balaban J connectivity index is 1.42. The molecule has 1 fully saturated rings. The summed E-state index contributed by atoms with van der Waals surface area (Å²) in [7, 11) is 0. The molecule has 0 aliphatic carbocycles. The normalized spacial score (nSPS) is 14.0. The van der Waals surface area contributed by atoms with Crippen molar-refractivity contribution < 1.29 is 9.53 Å². The van der Waals surface area contributed by atoms with Crippen LogP contribution in [0.4, 0.5) is 0 Å². The van der Waals surface area contributed by atoms with Gasteiger partial charge in [-0.05, 0) is 35.4 Å². The van der Waals surface area contributed by atoms with Crippen LogP contribution in [-0.4, -0.2) is 37.1 Å². The number of amides is 1. The van der Waals surface area contributed by atoms with E-state index in [1.807, 2.05) is 54.6 Å². The quantitative estimate of drug-likeness (QED) is 0.584. The second kappa shape index (κ2) is 11.0. The van der Waals surface area contributed by atoms with Crippen LogP contribution in [0.3, 0.4) is 0 Å². The summed E-state index contributed by atoms with van der Waals surface area (Å²) >= 11 is 1.44. The number of morpholine rings is 1. The summed E-state index contributed by atoms with van der Waals surface area (Å²) in [6, 6.07) is 25.5. The minimum atomic E-state index is -0.124. The molecule has 1 aliphatic rings. The Hall–Kier alpha value is -3.11. The SMILES string of the molecule is N#Cc1ccccc1Sc1ccccc1C(=O)NCc1cccc(CN2CCOCC2)c1. The van der Waals surface area contributed by atoms with Crippen LogP contribution >= 0.6 is 11.8 Å². The van der Waals surface area contributed by atoms with Crippen LogP contribution in [0.5, 0.6) is 0 Å². The zero-order chi connectivity index (χ0) is 22.2. The van der Waals surface area contributed by atoms with Crippen LogP contribution in [0, 0.1) is 11.3 Å². The summed E-state index contributed by atoms with van der Waals surface area (Å²) in [5.41, 5.74) is 3.52. The summed E-state index contributed by atoms with van der Waals surface area (Å²) in [5, 5.41) is 12.4. The molecule has 0 spiro atoms. The van der Waals surface area contributed by atoms with Gasteiger partial charge in [-0.1, -0.05) is 60.3 Å². The van der Waals surface area contributed by atoms with Gasteiger partial charge >= 0.3 is 0 Å². The number of carbonyl (C=O) groups excluding carboxylic acids is 1. The maximum atomic E-state index is 13.0. The molecule has 3 aromatic carbocycles. The fourth-order valence-electron chi connectivity index (χ4n) is 3.64. The minimum Gasteiger partial charge on any atom is -0.379 e. The number of benzene rings is 3. The zero-order valence-electron chi connectivity index (χ0n) is 17.8. The van der Waals surface area contributed by atoms with Crippen LogP contribution in [0.2, 0.25) is 0 Å². The Labute approximate surface area is 193 Å². The van der Waals surface area contributed by atoms with E-state index in [1.165, 1.54) is 17.3 Å². The molecule has 0 aromatic heterocycles. The van der Waals surface area contributed by atoms with E-state index in [1.54, 1.807) is 6.07 Å². The van der Waals surface area contributed by atoms with Gasteiger partial charge in [0.25, 0.3) is 5.91 Å². The Morgan fingerprint density at radius 1 is 0.969 bits per heavy atom. The smallest absolute Gasteiger partial charge is 0.252 e. The number of hydrogen-bond acceptors (Lipinski definition) is 5. The van der Waals surface area contributed by atoms with Crippen molar-refractivity contribution in [3.05, 3.63) is 95.1 Å². The third kappa shape index (κ3) is 5.77. The first-order chi connectivity index (χ1) is 15.7. The van der Waals surface area contributed by atoms with Crippen LogP contribution in [0.15, 0.2) is 82.6 Å². The summed E-state index contributed by atoms with van der Waals surface area (Å²) in [5.74, 6) is -0.124. The van der Waals surface area contributed by atoms with Gasteiger partial charge in [-0.2, -0.15) is 5.26 Å². The van der Waals surface area contributed by atoms with Crippen molar-refractivity contribution in [2.24, 2.45) is 0 Å². The van der Waals surface area contributed by atoms with Crippen molar-refractivity contribution in [1.82, 2.24) is 10.2 Å². The highest BCUT2D eigenvalue weighted by Crippen LogP contribution is 2.32. The number of nitrogens with zero attached hydrogens (tertiary/aromatic N) is 2. The number of ether oxygens (including phenoxy) is 1. The molecular formula is C26H25N3O2S. The number of carbonyl (C=O) groups is 1. The molecule has 1 saturated heterocycles. The van der Waals surface area contributed by atoms with E-state index in [9.17, 15) is 10.1 Å². The van der Waals surface area contributed by atoms with Gasteiger partial charge in [-0.3, -0.25) is 9.69 Å². The molecular weight excluding hydrogens is 418 g/mol. The van der Waals surface area contributed by atoms with Gasteiger partial charge in [0.1, 0.15) is 6.07 Å². The largest absolute Gasteiger partial charge is 0.379 e. The summed E-state index contributed by atoms with van der Waals surface area (Å²) in [6.07, 6.45) is 0. The number of nitrogens with one attached hydrogen (secondary N) is 1. The number of rotatable bonds is 7. The minimum absolute atomic E-state index is 0.124. The van der Waals surface area contributed by atoms with Gasteiger partial charge in [0, 0.05) is 36.0 Å². The highest BCUT2D eigenvalue weighted by molar-refractivity contribution is 7.99. The third-order valence-corrected chi connectivity index (χ3v) is 6.47. The van der Waals surface area contributed by atoms with E-state index in [0.717, 1.165) is 48.2 Å². The second-order valence-corrected chi connectivity index (χ2v) is 8.68. The topological polar surface area (TPSA) is 65.4 Å². The first kappa shape index (κ1) is 22.1. The van der Waals surface area contributed by atoms with Crippen LogP contribution in [0.25, 0.3) is 0 Å². The Kier molecular flexibility index (Phi) is 7.57. The molecule has 0 atom stereocenters. The molecule has 1 heterocycles. The molecule has 32 heavy (non-hydrogen) atoms. The van der Waals surface area contributed by atoms with E-state index in [2.05, 4.69) is 28.4 Å². The van der Waals surface area contributed by atoms with Crippen molar-refractivity contribution in [2.45, 2.75) is 22.9 Å². The van der Waals surface area contributed by atoms with Crippen LogP contribution in [-0.2, 0) is 17.8 Å². The molecule has 0 unspecified atom stereocenters. The van der Waals surface area contributed by atoms with Gasteiger partial charge in [-0.15, -0.1) is 0 Å². The maximum absolute atomic E-state index is 13.0. The first-order valence-corrected chi connectivity index (χ1v) is 11.5. The maximum Gasteiger partial charge on any atom is 0.252 e. The monoisotopic (exact) mass is 443 g/mol. The molecule has 162 valence electrons. The molecule has 1 amide bonds. The molecule has 1 N–H and O–H groups in total. The number of hydrogen-bond donors (Lipinski definition) is 1. The third-order valence-electron chi connectivity index (χ3n) is 5.31. The number of nitriles is 1. The fourth-order valence-corrected chi connectivity index (χ4v) is 4.67. The predicted molar refractivity (Wildman–Crippen MR) is 125 cm³/mol. The average molecular weight is 444 g/mol. The van der Waals surface area contributed by atoms with E-state index in [0.29, 0.717) is 17.7 Å². The van der Waals surface area contributed by atoms with Crippen molar-refractivity contribution in [2.75, 3.05) is 26.3 Å². The molecule has 5 nitrogen and oxygen atoms in total. The molecule has 0 bridgehead atoms. The van der Waals surface area contributed by atoms with Gasteiger partial charge in [0.2, 0.25) is 0 Å². The van der Waals surface area contributed by atoms with Crippen LogP contribution in [0.1, 0.15) is 27.0 Å². The lowest BCUT2D eigenvalue weighted by Gasteiger charge is -2.26. The van der Waals surface area contributed by atoms with Gasteiger partial charge in [-0.25, -0.2) is 0 Å². The van der Waals surface area contributed by atoms with E-state index < -0.39 is 0 Å². The lowest BCUT2D eigenvalue weighted by atomic mass is 10.1. The molecule has 0 radical (unpaired) electrons. The highest BCUT2D eigenvalue weighted by atomic mass is 32.2. The van der Waals surface area contributed by atoms with Crippen molar-refractivity contribution in [3.8, 4) is 6.07 Å². The van der Waals surface area contributed by atoms with Gasteiger partial charge in [0.15, 0.2) is 0 Å². The summed E-state index contributed by atoms with van der Waals surface area (Å²) in [6.45, 7) is 4.82. The second-order valence-electron chi connectivity index (χ2n) is 7.60. The van der Waals surface area contributed by atoms with Gasteiger partial charge < -0.3 is 10.1 Å². The lowest BCUT2D eigenvalue weighted by molar-refractivity contribution is 0.0342. The van der Waals surface area contributed by atoms with Crippen LogP contribution < -0.4 is 5.32 Å². The average Bonchev–Trinajstić information content (AvgIpc) is 2.84. The molecule has 1 aliphatic heterocycles. The molecule has 4 rings (SSSR count). The molecule has 6 heteroatoms. The van der Waals surface area contributed by atoms with E-state index in [-0.39, 0.29) is 5.91 Å². The Morgan fingerprint density at radius 2 is 1.69 bits per heavy atom. The van der Waals surface area contributed by atoms with E-state index >= 15 is 0 Å². The molecule has 0 saturated carbocycles. The van der Waals surface area contributed by atoms with Crippen molar-refractivity contribution >= 4 is 17.7 Å². The standard InChI is InChI=1S/C26H25N3O2S/c27-17-22-8-1-3-10-24(22)32-25-11-4-2-9-23(25)26(30)28-18-20-6-5-7-21(16-20)19-29-12-14-31-15-13-29/h1-11,16H,12-15,18-19H2,(H,28,30). The highest BCUT2D eigenvalue weighted by Gasteiger charge is 2.14. The molecule has 3 aromatic rings. The van der Waals surface area contributed by atoms with Gasteiger partial charge in [0.05, 0.1) is 24.3 Å². The Morgan fingerprint density at radius 3 is 2.50 bits per heavy atom. The zero-order valence-corrected chi connectivity index (χ0v) is 18.6. The van der Waals surface area contributed by atoms with E-state index in [4.69, 9.17) is 4.74 Å². The van der Waals surface area contributed by atoms with Crippen molar-refractivity contribution in [1.29, 1.82) is 5.26 Å². The Bertz CT molecular complexity index is 1120. The summed E-state index contributed by atoms with van der Waals surface area (Å²) in [4.78, 5) is 17.0. The predicted octanol–water partition coefficient (Wildman–Crippen LogP) is 4.47. The van der Waals surface area contributed by atoms with Crippen molar-refractivity contribution in [3.63, 3.8) is 0 Å². The lowest BCUT2D eigenvalue weighted by Crippen LogP contribution is -2.35. The first-order valence-electron chi connectivity index (χ1n) is 10.6. The fraction of sp³-hybridized carbons (Fsp3) is 0.231.